The van der Waals surface area contributed by atoms with Gasteiger partial charge in [-0.15, -0.1) is 5.10 Å². The van der Waals surface area contributed by atoms with Crippen molar-refractivity contribution >= 4 is 21.4 Å². The van der Waals surface area contributed by atoms with Gasteiger partial charge in [-0.05, 0) is 6.42 Å². The summed E-state index contributed by atoms with van der Waals surface area (Å²) in [7, 11) is 0. The van der Waals surface area contributed by atoms with E-state index in [0.717, 1.165) is 73.8 Å². The van der Waals surface area contributed by atoms with Gasteiger partial charge in [0.15, 0.2) is 0 Å². The molecule has 2 fully saturated rings. The Bertz CT molecular complexity index is 868. The first-order chi connectivity index (χ1) is 13.9. The molecule has 0 radical (unpaired) electrons. The van der Waals surface area contributed by atoms with Gasteiger partial charge in [0.05, 0.1) is 31.7 Å². The predicted octanol–water partition coefficient (Wildman–Crippen LogP) is 2.61. The Hall–Kier alpha value is -2.00. The van der Waals surface area contributed by atoms with Crippen LogP contribution in [0.5, 0.6) is 0 Å². The highest BCUT2D eigenvalue weighted by atomic mass is 32.1. The molecule has 2 atom stereocenters. The van der Waals surface area contributed by atoms with Crippen LogP contribution in [0.15, 0.2) is 36.5 Å². The van der Waals surface area contributed by atoms with E-state index in [1.54, 1.807) is 11.3 Å². The maximum Gasteiger partial charge on any atom is 0.214 e. The van der Waals surface area contributed by atoms with Crippen LogP contribution in [0.25, 0.3) is 16.2 Å². The molecular formula is C20H25N5O2S. The zero-order valence-corrected chi connectivity index (χ0v) is 16.6. The van der Waals surface area contributed by atoms with E-state index in [9.17, 15) is 0 Å². The van der Waals surface area contributed by atoms with Crippen LogP contribution >= 0.6 is 11.3 Å². The Morgan fingerprint density at radius 2 is 2.00 bits per heavy atom. The average molecular weight is 400 g/mol. The Morgan fingerprint density at radius 1 is 1.14 bits per heavy atom. The van der Waals surface area contributed by atoms with Crippen molar-refractivity contribution in [1.82, 2.24) is 19.5 Å². The van der Waals surface area contributed by atoms with Crippen LogP contribution in [0.2, 0.25) is 0 Å². The molecule has 1 aromatic carbocycles. The van der Waals surface area contributed by atoms with Gasteiger partial charge < -0.3 is 14.8 Å². The summed E-state index contributed by atoms with van der Waals surface area (Å²) in [6.45, 7) is 6.21. The highest BCUT2D eigenvalue weighted by Gasteiger charge is 2.31. The molecule has 7 nitrogen and oxygen atoms in total. The summed E-state index contributed by atoms with van der Waals surface area (Å²) in [4.78, 5) is 8.18. The van der Waals surface area contributed by atoms with Crippen molar-refractivity contribution in [2.24, 2.45) is 5.92 Å². The number of ether oxygens (including phenoxy) is 2. The summed E-state index contributed by atoms with van der Waals surface area (Å²) in [5.74, 6) is 0.569. The van der Waals surface area contributed by atoms with E-state index >= 15 is 0 Å². The number of imidazole rings is 1. The second kappa shape index (κ2) is 8.16. The number of nitrogens with zero attached hydrogens (tertiary/aromatic N) is 4. The van der Waals surface area contributed by atoms with E-state index in [2.05, 4.69) is 27.4 Å². The fourth-order valence-electron chi connectivity index (χ4n) is 4.07. The molecule has 4 heterocycles. The van der Waals surface area contributed by atoms with E-state index in [-0.39, 0.29) is 0 Å². The van der Waals surface area contributed by atoms with E-state index < -0.39 is 0 Å². The molecule has 28 heavy (non-hydrogen) atoms. The quantitative estimate of drug-likeness (QED) is 0.687. The topological polar surface area (TPSA) is 63.9 Å². The smallest absolute Gasteiger partial charge is 0.214 e. The summed E-state index contributed by atoms with van der Waals surface area (Å²) in [6.07, 6.45) is 3.13. The Kier molecular flexibility index (Phi) is 5.26. The number of hydrogen-bond acceptors (Lipinski definition) is 7. The maximum absolute atomic E-state index is 5.66. The van der Waals surface area contributed by atoms with Crippen LogP contribution in [0, 0.1) is 5.92 Å². The minimum absolute atomic E-state index is 0.447. The largest absolute Gasteiger partial charge is 0.381 e. The summed E-state index contributed by atoms with van der Waals surface area (Å²) in [5, 5.41) is 9.17. The molecule has 2 aliphatic heterocycles. The maximum atomic E-state index is 5.66. The summed E-state index contributed by atoms with van der Waals surface area (Å²) >= 11 is 1.60. The zero-order valence-electron chi connectivity index (χ0n) is 15.8. The third-order valence-corrected chi connectivity index (χ3v) is 6.48. The van der Waals surface area contributed by atoms with Gasteiger partial charge in [-0.1, -0.05) is 41.7 Å². The average Bonchev–Trinajstić information content (AvgIpc) is 3.46. The van der Waals surface area contributed by atoms with Crippen molar-refractivity contribution in [2.45, 2.75) is 12.5 Å². The first kappa shape index (κ1) is 18.1. The van der Waals surface area contributed by atoms with Crippen LogP contribution in [0.3, 0.4) is 0 Å². The molecule has 0 amide bonds. The first-order valence-electron chi connectivity index (χ1n) is 9.92. The van der Waals surface area contributed by atoms with Gasteiger partial charge in [0.2, 0.25) is 10.1 Å². The molecule has 2 aromatic heterocycles. The molecule has 0 bridgehead atoms. The van der Waals surface area contributed by atoms with Crippen molar-refractivity contribution in [2.75, 3.05) is 51.4 Å². The van der Waals surface area contributed by atoms with Crippen LogP contribution in [-0.2, 0) is 9.47 Å². The highest BCUT2D eigenvalue weighted by molar-refractivity contribution is 7.20. The highest BCUT2D eigenvalue weighted by Crippen LogP contribution is 2.26. The lowest BCUT2D eigenvalue weighted by atomic mass is 9.97. The molecule has 8 heteroatoms. The fraction of sp³-hybridized carbons (Fsp3) is 0.500. The number of morpholine rings is 1. The van der Waals surface area contributed by atoms with Crippen molar-refractivity contribution in [1.29, 1.82) is 0 Å². The van der Waals surface area contributed by atoms with Crippen LogP contribution in [-0.4, -0.2) is 71.6 Å². The molecule has 3 aromatic rings. The van der Waals surface area contributed by atoms with E-state index in [4.69, 9.17) is 14.5 Å². The zero-order chi connectivity index (χ0) is 18.8. The van der Waals surface area contributed by atoms with E-state index in [0.29, 0.717) is 12.0 Å². The number of benzene rings is 1. The number of anilines is 1. The second-order valence-corrected chi connectivity index (χ2v) is 8.30. The Morgan fingerprint density at radius 3 is 2.75 bits per heavy atom. The lowest BCUT2D eigenvalue weighted by Gasteiger charge is -2.37. The van der Waals surface area contributed by atoms with Gasteiger partial charge >= 0.3 is 0 Å². The summed E-state index contributed by atoms with van der Waals surface area (Å²) in [6, 6.07) is 10.7. The second-order valence-electron chi connectivity index (χ2n) is 7.35. The minimum atomic E-state index is 0.447. The molecule has 148 valence electrons. The molecule has 0 spiro atoms. The van der Waals surface area contributed by atoms with Gasteiger partial charge in [0.1, 0.15) is 0 Å². The SMILES string of the molecule is c1ccc(-c2cn3nc(NC[C@H]([C@H]4CCOC4)N4CCOCC4)sc3n2)cc1. The molecule has 1 N–H and O–H groups in total. The van der Waals surface area contributed by atoms with Crippen molar-refractivity contribution in [3.8, 4) is 11.3 Å². The number of aromatic nitrogens is 3. The third-order valence-electron chi connectivity index (χ3n) is 5.60. The molecule has 2 aliphatic rings. The normalized spacial score (nSPS) is 21.9. The third kappa shape index (κ3) is 3.77. The molecule has 2 saturated heterocycles. The fourth-order valence-corrected chi connectivity index (χ4v) is 4.86. The van der Waals surface area contributed by atoms with Gasteiger partial charge in [0, 0.05) is 43.8 Å². The van der Waals surface area contributed by atoms with Crippen molar-refractivity contribution in [3.05, 3.63) is 36.5 Å². The van der Waals surface area contributed by atoms with Crippen LogP contribution < -0.4 is 5.32 Å². The number of hydrogen-bond donors (Lipinski definition) is 1. The summed E-state index contributed by atoms with van der Waals surface area (Å²) in [5.41, 5.74) is 2.07. The summed E-state index contributed by atoms with van der Waals surface area (Å²) < 4.78 is 13.1. The van der Waals surface area contributed by atoms with E-state index in [1.807, 2.05) is 28.9 Å². The Balaban J connectivity index is 1.29. The first-order valence-corrected chi connectivity index (χ1v) is 10.7. The number of nitrogens with one attached hydrogen (secondary N) is 1. The standard InChI is InChI=1S/C20H25N5O2S/c1-2-4-15(5-3-1)17-13-25-20(22-17)28-19(23-25)21-12-18(16-6-9-27-14-16)24-7-10-26-11-8-24/h1-5,13,16,18H,6-12,14H2,(H,21,23)/t16-,18+/m0/s1. The monoisotopic (exact) mass is 399 g/mol. The van der Waals surface area contributed by atoms with Crippen LogP contribution in [0.1, 0.15) is 6.42 Å². The number of rotatable bonds is 6. The van der Waals surface area contributed by atoms with Gasteiger partial charge in [-0.25, -0.2) is 9.50 Å². The van der Waals surface area contributed by atoms with Crippen molar-refractivity contribution in [3.63, 3.8) is 0 Å². The Labute approximate surface area is 168 Å². The molecule has 0 aliphatic carbocycles. The number of fused-ring (bicyclic) bond motifs is 1. The molecule has 0 saturated carbocycles. The molecule has 0 unspecified atom stereocenters. The predicted molar refractivity (Wildman–Crippen MR) is 110 cm³/mol. The molecule has 5 rings (SSSR count). The molecular weight excluding hydrogens is 374 g/mol. The van der Waals surface area contributed by atoms with Gasteiger partial charge in [0.25, 0.3) is 0 Å². The minimum Gasteiger partial charge on any atom is -0.381 e. The van der Waals surface area contributed by atoms with Crippen molar-refractivity contribution < 1.29 is 9.47 Å². The van der Waals surface area contributed by atoms with E-state index in [1.165, 1.54) is 0 Å². The lowest BCUT2D eigenvalue weighted by molar-refractivity contribution is 0.00461. The van der Waals surface area contributed by atoms with Gasteiger partial charge in [-0.3, -0.25) is 4.90 Å². The van der Waals surface area contributed by atoms with Gasteiger partial charge in [-0.2, -0.15) is 0 Å². The van der Waals surface area contributed by atoms with Crippen LogP contribution in [0.4, 0.5) is 5.13 Å². The lowest BCUT2D eigenvalue weighted by Crippen LogP contribution is -2.50.